The van der Waals surface area contributed by atoms with Crippen molar-refractivity contribution in [3.8, 4) is 0 Å². The van der Waals surface area contributed by atoms with Gasteiger partial charge in [0.15, 0.2) is 6.10 Å². The van der Waals surface area contributed by atoms with E-state index in [1.807, 2.05) is 0 Å². The lowest BCUT2D eigenvalue weighted by Crippen LogP contribution is -2.34. The van der Waals surface area contributed by atoms with Crippen LogP contribution >= 0.6 is 7.82 Å². The average Bonchev–Trinajstić information content (AvgIpc) is 3.02. The third kappa shape index (κ3) is 29.9. The van der Waals surface area contributed by atoms with E-state index in [9.17, 15) is 23.8 Å². The SMILES string of the molecule is CCCCCCCCCCCCCCCCCCC(=O)OC(COC(=O)CCCCCCCC)COP(=O)(O)OCC(N)C(=O)O. The van der Waals surface area contributed by atoms with Crippen LogP contribution in [0.4, 0.5) is 0 Å². The molecule has 0 aromatic rings. The standard InChI is InChI=1S/C34H66NO10P/c1-3-5-7-9-11-12-13-14-15-16-17-18-19-20-22-24-26-33(37)45-30(27-42-32(36)25-23-21-10-8-6-4-2)28-43-46(40,41)44-29-31(35)34(38)39/h30-31H,3-29,35H2,1-2H3,(H,38,39)(H,40,41). The Morgan fingerprint density at radius 3 is 1.37 bits per heavy atom. The molecule has 4 N–H and O–H groups in total. The van der Waals surface area contributed by atoms with E-state index in [0.29, 0.717) is 12.8 Å². The Bertz CT molecular complexity index is 813. The molecule has 0 radical (unpaired) electrons. The molecule has 0 bridgehead atoms. The highest BCUT2D eigenvalue weighted by Crippen LogP contribution is 2.43. The number of carbonyl (C=O) groups is 3. The minimum atomic E-state index is -4.69. The van der Waals surface area contributed by atoms with Crippen molar-refractivity contribution in [1.82, 2.24) is 0 Å². The molecule has 0 fully saturated rings. The van der Waals surface area contributed by atoms with Gasteiger partial charge in [-0.15, -0.1) is 0 Å². The zero-order chi connectivity index (χ0) is 34.3. The van der Waals surface area contributed by atoms with Crippen LogP contribution in [0.25, 0.3) is 0 Å². The molecule has 0 aliphatic heterocycles. The van der Waals surface area contributed by atoms with E-state index in [4.69, 9.17) is 24.8 Å². The number of carbonyl (C=O) groups excluding carboxylic acids is 2. The zero-order valence-corrected chi connectivity index (χ0v) is 29.8. The summed E-state index contributed by atoms with van der Waals surface area (Å²) in [4.78, 5) is 45.4. The van der Waals surface area contributed by atoms with E-state index in [1.54, 1.807) is 0 Å². The fourth-order valence-corrected chi connectivity index (χ4v) is 5.72. The number of phosphoric acid groups is 1. The number of phosphoric ester groups is 1. The largest absolute Gasteiger partial charge is 0.480 e. The number of aliphatic carboxylic acids is 1. The summed E-state index contributed by atoms with van der Waals surface area (Å²) in [5, 5.41) is 8.82. The molecule has 0 saturated carbocycles. The van der Waals surface area contributed by atoms with E-state index in [2.05, 4.69) is 18.4 Å². The van der Waals surface area contributed by atoms with Gasteiger partial charge in [0.2, 0.25) is 0 Å². The van der Waals surface area contributed by atoms with Gasteiger partial charge in [0, 0.05) is 12.8 Å². The first-order valence-electron chi connectivity index (χ1n) is 18.1. The van der Waals surface area contributed by atoms with Crippen LogP contribution < -0.4 is 5.73 Å². The third-order valence-electron chi connectivity index (χ3n) is 7.86. The Balaban J connectivity index is 4.32. The van der Waals surface area contributed by atoms with Gasteiger partial charge in [-0.25, -0.2) is 4.57 Å². The number of ether oxygens (including phenoxy) is 2. The summed E-state index contributed by atoms with van der Waals surface area (Å²) in [6.07, 6.45) is 25.0. The maximum absolute atomic E-state index is 12.5. The molecule has 0 spiro atoms. The Morgan fingerprint density at radius 2 is 0.957 bits per heavy atom. The monoisotopic (exact) mass is 679 g/mol. The summed E-state index contributed by atoms with van der Waals surface area (Å²) in [6.45, 7) is 2.72. The van der Waals surface area contributed by atoms with Crippen LogP contribution in [0.2, 0.25) is 0 Å². The summed E-state index contributed by atoms with van der Waals surface area (Å²) >= 11 is 0. The Kier molecular flexibility index (Phi) is 29.8. The predicted molar refractivity (Wildman–Crippen MR) is 180 cm³/mol. The topological polar surface area (TPSA) is 172 Å². The van der Waals surface area contributed by atoms with Crippen molar-refractivity contribution in [3.63, 3.8) is 0 Å². The van der Waals surface area contributed by atoms with Gasteiger partial charge in [0.1, 0.15) is 12.6 Å². The van der Waals surface area contributed by atoms with Gasteiger partial charge in [-0.1, -0.05) is 142 Å². The number of carboxylic acid groups (broad SMARTS) is 1. The maximum Gasteiger partial charge on any atom is 0.472 e. The predicted octanol–water partition coefficient (Wildman–Crippen LogP) is 8.39. The van der Waals surface area contributed by atoms with Crippen molar-refractivity contribution in [1.29, 1.82) is 0 Å². The summed E-state index contributed by atoms with van der Waals surface area (Å²) in [5.41, 5.74) is 5.29. The highest BCUT2D eigenvalue weighted by Gasteiger charge is 2.28. The Hall–Kier alpha value is -1.52. The lowest BCUT2D eigenvalue weighted by molar-refractivity contribution is -0.161. The van der Waals surface area contributed by atoms with E-state index in [-0.39, 0.29) is 19.4 Å². The normalized spacial score (nSPS) is 14.0. The number of rotatable bonds is 34. The van der Waals surface area contributed by atoms with Crippen molar-refractivity contribution < 1.29 is 47.5 Å². The first-order chi connectivity index (χ1) is 22.1. The molecular weight excluding hydrogens is 613 g/mol. The molecule has 0 heterocycles. The molecule has 0 rings (SSSR count). The van der Waals surface area contributed by atoms with Crippen molar-refractivity contribution in [2.24, 2.45) is 5.73 Å². The van der Waals surface area contributed by atoms with Crippen LogP contribution in [0.3, 0.4) is 0 Å². The molecule has 0 aliphatic carbocycles. The van der Waals surface area contributed by atoms with Crippen LogP contribution in [-0.4, -0.2) is 59.9 Å². The van der Waals surface area contributed by atoms with Crippen molar-refractivity contribution in [3.05, 3.63) is 0 Å². The van der Waals surface area contributed by atoms with Crippen LogP contribution in [0.15, 0.2) is 0 Å². The third-order valence-corrected chi connectivity index (χ3v) is 8.81. The minimum absolute atomic E-state index is 0.168. The highest BCUT2D eigenvalue weighted by atomic mass is 31.2. The van der Waals surface area contributed by atoms with Crippen molar-refractivity contribution >= 4 is 25.7 Å². The molecule has 0 amide bonds. The first-order valence-corrected chi connectivity index (χ1v) is 19.6. The smallest absolute Gasteiger partial charge is 0.472 e. The Labute approximate surface area is 278 Å². The molecule has 12 heteroatoms. The number of hydrogen-bond acceptors (Lipinski definition) is 9. The fourth-order valence-electron chi connectivity index (χ4n) is 4.95. The molecule has 0 aromatic carbocycles. The van der Waals surface area contributed by atoms with Gasteiger partial charge in [-0.05, 0) is 12.8 Å². The fraction of sp³-hybridized carbons (Fsp3) is 0.912. The van der Waals surface area contributed by atoms with Gasteiger partial charge >= 0.3 is 25.7 Å². The molecule has 3 unspecified atom stereocenters. The summed E-state index contributed by atoms with van der Waals surface area (Å²) in [6, 6.07) is -1.51. The molecule has 46 heavy (non-hydrogen) atoms. The van der Waals surface area contributed by atoms with Crippen LogP contribution in [0, 0.1) is 0 Å². The summed E-state index contributed by atoms with van der Waals surface area (Å²) in [7, 11) is -4.69. The van der Waals surface area contributed by atoms with Gasteiger partial charge in [-0.3, -0.25) is 23.4 Å². The molecule has 11 nitrogen and oxygen atoms in total. The number of carboxylic acids is 1. The van der Waals surface area contributed by atoms with Crippen LogP contribution in [0.5, 0.6) is 0 Å². The van der Waals surface area contributed by atoms with Gasteiger partial charge in [-0.2, -0.15) is 0 Å². The van der Waals surface area contributed by atoms with E-state index in [1.165, 1.54) is 77.0 Å². The zero-order valence-electron chi connectivity index (χ0n) is 28.9. The number of hydrogen-bond donors (Lipinski definition) is 3. The number of unbranched alkanes of at least 4 members (excludes halogenated alkanes) is 20. The second-order valence-corrected chi connectivity index (χ2v) is 13.8. The molecule has 0 aromatic heterocycles. The molecule has 272 valence electrons. The van der Waals surface area contributed by atoms with E-state index < -0.39 is 51.1 Å². The van der Waals surface area contributed by atoms with Crippen molar-refractivity contribution in [2.45, 2.75) is 180 Å². The minimum Gasteiger partial charge on any atom is -0.480 e. The first kappa shape index (κ1) is 44.5. The quantitative estimate of drug-likeness (QED) is 0.0339. The molecule has 0 saturated heterocycles. The molecular formula is C34H66NO10P. The Morgan fingerprint density at radius 1 is 0.587 bits per heavy atom. The lowest BCUT2D eigenvalue weighted by atomic mass is 10.0. The average molecular weight is 680 g/mol. The maximum atomic E-state index is 12.5. The summed E-state index contributed by atoms with van der Waals surface area (Å²) in [5.74, 6) is -2.38. The van der Waals surface area contributed by atoms with E-state index >= 15 is 0 Å². The second kappa shape index (κ2) is 30.8. The summed E-state index contributed by atoms with van der Waals surface area (Å²) < 4.78 is 32.4. The van der Waals surface area contributed by atoms with Crippen LogP contribution in [0.1, 0.15) is 168 Å². The lowest BCUT2D eigenvalue weighted by Gasteiger charge is -2.20. The highest BCUT2D eigenvalue weighted by molar-refractivity contribution is 7.47. The van der Waals surface area contributed by atoms with Gasteiger partial charge in [0.25, 0.3) is 0 Å². The number of esters is 2. The van der Waals surface area contributed by atoms with Gasteiger partial charge in [0.05, 0.1) is 13.2 Å². The molecule has 3 atom stereocenters. The van der Waals surface area contributed by atoms with Gasteiger partial charge < -0.3 is 25.2 Å². The van der Waals surface area contributed by atoms with Crippen LogP contribution in [-0.2, 0) is 37.5 Å². The van der Waals surface area contributed by atoms with Crippen molar-refractivity contribution in [2.75, 3.05) is 19.8 Å². The second-order valence-electron chi connectivity index (χ2n) is 12.4. The number of nitrogens with two attached hydrogens (primary N) is 1. The van der Waals surface area contributed by atoms with E-state index in [0.717, 1.165) is 51.4 Å². The molecule has 0 aliphatic rings.